The Morgan fingerprint density at radius 1 is 1.07 bits per heavy atom. The van der Waals surface area contributed by atoms with Crippen LogP contribution in [-0.4, -0.2) is 30.4 Å². The number of amides is 2. The van der Waals surface area contributed by atoms with E-state index in [2.05, 4.69) is 10.6 Å². The van der Waals surface area contributed by atoms with E-state index in [-0.39, 0.29) is 6.79 Å². The van der Waals surface area contributed by atoms with Gasteiger partial charge in [-0.15, -0.1) is 0 Å². The number of anilines is 1. The number of fused-ring (bicyclic) bond motifs is 1. The number of hydrogen-bond donors (Lipinski definition) is 2. The first-order valence-corrected chi connectivity index (χ1v) is 9.04. The quantitative estimate of drug-likeness (QED) is 0.771. The predicted octanol–water partition coefficient (Wildman–Crippen LogP) is 3.49. The van der Waals surface area contributed by atoms with Crippen molar-refractivity contribution in [2.24, 2.45) is 0 Å². The number of hydrogen-bond acceptors (Lipinski definition) is 5. The van der Waals surface area contributed by atoms with Gasteiger partial charge in [-0.1, -0.05) is 30.3 Å². The minimum absolute atomic E-state index is 0.156. The molecule has 2 aromatic carbocycles. The van der Waals surface area contributed by atoms with Gasteiger partial charge in [-0.3, -0.25) is 0 Å². The highest BCUT2D eigenvalue weighted by Crippen LogP contribution is 2.34. The molecule has 7 nitrogen and oxygen atoms in total. The molecule has 0 aliphatic carbocycles. The van der Waals surface area contributed by atoms with Crippen molar-refractivity contribution in [1.29, 1.82) is 0 Å². The third kappa shape index (κ3) is 5.39. The second kappa shape index (κ2) is 8.21. The van der Waals surface area contributed by atoms with Crippen molar-refractivity contribution in [2.45, 2.75) is 38.8 Å². The van der Waals surface area contributed by atoms with E-state index >= 15 is 0 Å². The molecule has 0 saturated carbocycles. The van der Waals surface area contributed by atoms with Crippen LogP contribution in [0.25, 0.3) is 0 Å². The lowest BCUT2D eigenvalue weighted by Crippen LogP contribution is -2.47. The summed E-state index contributed by atoms with van der Waals surface area (Å²) in [6.07, 6.45) is 0.324. The first kappa shape index (κ1) is 19.5. The Bertz CT molecular complexity index is 846. The molecule has 28 heavy (non-hydrogen) atoms. The van der Waals surface area contributed by atoms with Crippen molar-refractivity contribution in [3.63, 3.8) is 0 Å². The van der Waals surface area contributed by atoms with E-state index in [0.29, 0.717) is 23.6 Å². The zero-order valence-corrected chi connectivity index (χ0v) is 16.2. The zero-order chi connectivity index (χ0) is 20.1. The van der Waals surface area contributed by atoms with Gasteiger partial charge in [0, 0.05) is 18.2 Å². The van der Waals surface area contributed by atoms with Crippen molar-refractivity contribution in [3.8, 4) is 11.5 Å². The summed E-state index contributed by atoms with van der Waals surface area (Å²) in [5, 5.41) is 5.42. The summed E-state index contributed by atoms with van der Waals surface area (Å²) in [7, 11) is 0. The molecule has 7 heteroatoms. The molecule has 0 spiro atoms. The standard InChI is InChI=1S/C21H24N2O5/c1-21(2,3)28-19(24)16(11-14-7-5-4-6-8-14)23-20(25)22-15-9-10-17-18(12-15)27-13-26-17/h4-10,12,16H,11,13H2,1-3H3,(H2,22,23,25)/t16-/m1/s1. The topological polar surface area (TPSA) is 85.9 Å². The molecule has 0 saturated heterocycles. The Labute approximate surface area is 164 Å². The van der Waals surface area contributed by atoms with Crippen molar-refractivity contribution in [2.75, 3.05) is 12.1 Å². The van der Waals surface area contributed by atoms with Crippen molar-refractivity contribution in [1.82, 2.24) is 5.32 Å². The third-order valence-corrected chi connectivity index (χ3v) is 3.91. The number of benzene rings is 2. The average molecular weight is 384 g/mol. The van der Waals surface area contributed by atoms with E-state index in [1.807, 2.05) is 30.3 Å². The van der Waals surface area contributed by atoms with Gasteiger partial charge in [-0.25, -0.2) is 9.59 Å². The van der Waals surface area contributed by atoms with Crippen LogP contribution in [-0.2, 0) is 16.0 Å². The fraction of sp³-hybridized carbons (Fsp3) is 0.333. The number of ether oxygens (including phenoxy) is 3. The van der Waals surface area contributed by atoms with Crippen molar-refractivity contribution >= 4 is 17.7 Å². The molecular weight excluding hydrogens is 360 g/mol. The highest BCUT2D eigenvalue weighted by Gasteiger charge is 2.27. The predicted molar refractivity (Wildman–Crippen MR) is 104 cm³/mol. The van der Waals surface area contributed by atoms with E-state index in [0.717, 1.165) is 5.56 Å². The number of esters is 1. The lowest BCUT2D eigenvalue weighted by molar-refractivity contribution is -0.157. The molecule has 0 radical (unpaired) electrons. The molecule has 1 heterocycles. The van der Waals surface area contributed by atoms with E-state index < -0.39 is 23.6 Å². The number of rotatable bonds is 5. The lowest BCUT2D eigenvalue weighted by Gasteiger charge is -2.24. The largest absolute Gasteiger partial charge is 0.458 e. The zero-order valence-electron chi connectivity index (χ0n) is 16.2. The minimum Gasteiger partial charge on any atom is -0.458 e. The summed E-state index contributed by atoms with van der Waals surface area (Å²) < 4.78 is 16.0. The Morgan fingerprint density at radius 2 is 1.79 bits per heavy atom. The van der Waals surface area contributed by atoms with Crippen LogP contribution in [0.15, 0.2) is 48.5 Å². The molecule has 0 fully saturated rings. The Morgan fingerprint density at radius 3 is 2.50 bits per heavy atom. The van der Waals surface area contributed by atoms with Crippen LogP contribution < -0.4 is 20.1 Å². The number of nitrogens with one attached hydrogen (secondary N) is 2. The van der Waals surface area contributed by atoms with E-state index in [1.165, 1.54) is 0 Å². The molecule has 1 aliphatic heterocycles. The molecule has 0 unspecified atom stereocenters. The Balaban J connectivity index is 1.68. The SMILES string of the molecule is CC(C)(C)OC(=O)[C@@H](Cc1ccccc1)NC(=O)Nc1ccc2c(c1)OCO2. The molecule has 0 bridgehead atoms. The molecule has 148 valence electrons. The smallest absolute Gasteiger partial charge is 0.329 e. The van der Waals surface area contributed by atoms with Gasteiger partial charge in [-0.2, -0.15) is 0 Å². The van der Waals surface area contributed by atoms with Gasteiger partial charge >= 0.3 is 12.0 Å². The summed E-state index contributed by atoms with van der Waals surface area (Å²) in [6.45, 7) is 5.52. The molecular formula is C21H24N2O5. The van der Waals surface area contributed by atoms with Crippen molar-refractivity contribution in [3.05, 3.63) is 54.1 Å². The Hall–Kier alpha value is -3.22. The lowest BCUT2D eigenvalue weighted by atomic mass is 10.1. The maximum absolute atomic E-state index is 12.6. The van der Waals surface area contributed by atoms with Gasteiger partial charge in [-0.05, 0) is 38.5 Å². The summed E-state index contributed by atoms with van der Waals surface area (Å²) in [6, 6.07) is 13.2. The van der Waals surface area contributed by atoms with E-state index in [1.54, 1.807) is 39.0 Å². The number of carbonyl (C=O) groups is 2. The van der Waals surface area contributed by atoms with Gasteiger partial charge in [0.25, 0.3) is 0 Å². The van der Waals surface area contributed by atoms with Gasteiger partial charge < -0.3 is 24.8 Å². The minimum atomic E-state index is -0.823. The number of carbonyl (C=O) groups excluding carboxylic acids is 2. The highest BCUT2D eigenvalue weighted by molar-refractivity contribution is 5.93. The molecule has 2 aromatic rings. The van der Waals surface area contributed by atoms with Gasteiger partial charge in [0.05, 0.1) is 0 Å². The fourth-order valence-corrected chi connectivity index (χ4v) is 2.72. The van der Waals surface area contributed by atoms with Gasteiger partial charge in [0.1, 0.15) is 11.6 Å². The van der Waals surface area contributed by atoms with Crippen LogP contribution >= 0.6 is 0 Å². The third-order valence-electron chi connectivity index (χ3n) is 3.91. The molecule has 2 amide bonds. The fourth-order valence-electron chi connectivity index (χ4n) is 2.72. The van der Waals surface area contributed by atoms with Gasteiger partial charge in [0.2, 0.25) is 6.79 Å². The monoisotopic (exact) mass is 384 g/mol. The maximum atomic E-state index is 12.6. The second-order valence-corrected chi connectivity index (χ2v) is 7.44. The summed E-state index contributed by atoms with van der Waals surface area (Å²) in [5.41, 5.74) is 0.799. The Kier molecular flexibility index (Phi) is 5.73. The summed E-state index contributed by atoms with van der Waals surface area (Å²) in [4.78, 5) is 25.1. The highest BCUT2D eigenvalue weighted by atomic mass is 16.7. The second-order valence-electron chi connectivity index (χ2n) is 7.44. The number of urea groups is 1. The molecule has 1 atom stereocenters. The van der Waals surface area contributed by atoms with E-state index in [9.17, 15) is 9.59 Å². The van der Waals surface area contributed by atoms with Crippen LogP contribution in [0.2, 0.25) is 0 Å². The maximum Gasteiger partial charge on any atom is 0.329 e. The van der Waals surface area contributed by atoms with Crippen LogP contribution in [0.1, 0.15) is 26.3 Å². The molecule has 0 aromatic heterocycles. The van der Waals surface area contributed by atoms with Crippen LogP contribution in [0.4, 0.5) is 10.5 Å². The van der Waals surface area contributed by atoms with Crippen LogP contribution in [0, 0.1) is 0 Å². The normalized spacial score (nSPS) is 13.5. The van der Waals surface area contributed by atoms with E-state index in [4.69, 9.17) is 14.2 Å². The molecule has 3 rings (SSSR count). The van der Waals surface area contributed by atoms with Crippen LogP contribution in [0.5, 0.6) is 11.5 Å². The molecule has 2 N–H and O–H groups in total. The average Bonchev–Trinajstić information content (AvgIpc) is 3.08. The summed E-state index contributed by atoms with van der Waals surface area (Å²) >= 11 is 0. The summed E-state index contributed by atoms with van der Waals surface area (Å²) in [5.74, 6) is 0.699. The van der Waals surface area contributed by atoms with Gasteiger partial charge in [0.15, 0.2) is 11.5 Å². The first-order chi connectivity index (χ1) is 13.3. The van der Waals surface area contributed by atoms with Crippen LogP contribution in [0.3, 0.4) is 0 Å². The first-order valence-electron chi connectivity index (χ1n) is 9.04. The molecule has 1 aliphatic rings. The van der Waals surface area contributed by atoms with Crippen molar-refractivity contribution < 1.29 is 23.8 Å².